The first-order valence-corrected chi connectivity index (χ1v) is 11.7. The summed E-state index contributed by atoms with van der Waals surface area (Å²) in [5.41, 5.74) is 1.30. The Balaban J connectivity index is 1.50. The zero-order valence-electron chi connectivity index (χ0n) is 17.9. The number of hydrogen-bond acceptors (Lipinski definition) is 6. The molecule has 4 heterocycles. The third kappa shape index (κ3) is 5.29. The average Bonchev–Trinajstić information content (AvgIpc) is 3.24. The Morgan fingerprint density at radius 2 is 2.21 bits per heavy atom. The van der Waals surface area contributed by atoms with Crippen LogP contribution in [0.1, 0.15) is 25.7 Å². The van der Waals surface area contributed by atoms with Crippen LogP contribution in [0.4, 0.5) is 15.0 Å². The first kappa shape index (κ1) is 23.5. The molecule has 4 rings (SSSR count). The summed E-state index contributed by atoms with van der Waals surface area (Å²) in [5.74, 6) is 6.17. The van der Waals surface area contributed by atoms with E-state index in [4.69, 9.17) is 29.0 Å². The number of amides is 2. The predicted octanol–water partition coefficient (Wildman–Crippen LogP) is 4.00. The van der Waals surface area contributed by atoms with Crippen LogP contribution in [0.3, 0.4) is 0 Å². The largest absolute Gasteiger partial charge is 0.365 e. The maximum atomic E-state index is 14.5. The van der Waals surface area contributed by atoms with Gasteiger partial charge in [0.05, 0.1) is 17.3 Å². The van der Waals surface area contributed by atoms with Gasteiger partial charge in [0.25, 0.3) is 0 Å². The van der Waals surface area contributed by atoms with Gasteiger partial charge in [0, 0.05) is 48.9 Å². The van der Waals surface area contributed by atoms with Gasteiger partial charge in [-0.2, -0.15) is 0 Å². The van der Waals surface area contributed by atoms with E-state index in [1.807, 2.05) is 0 Å². The molecule has 0 aliphatic carbocycles. The van der Waals surface area contributed by atoms with Crippen molar-refractivity contribution in [1.82, 2.24) is 29.8 Å². The minimum atomic E-state index is -0.578. The number of urea groups is 1. The number of aromatic nitrogens is 4. The average molecular weight is 495 g/mol. The number of nitrogens with zero attached hydrogens (tertiary/aromatic N) is 5. The van der Waals surface area contributed by atoms with Gasteiger partial charge in [-0.1, -0.05) is 11.6 Å². The molecule has 0 aromatic carbocycles. The Hall–Kier alpha value is -2.69. The van der Waals surface area contributed by atoms with Crippen LogP contribution >= 0.6 is 23.2 Å². The van der Waals surface area contributed by atoms with E-state index in [2.05, 4.69) is 25.3 Å². The molecule has 1 fully saturated rings. The smallest absolute Gasteiger partial charge is 0.334 e. The Morgan fingerprint density at radius 1 is 1.36 bits per heavy atom. The number of hydrogen-bond donors (Lipinski definition) is 3. The summed E-state index contributed by atoms with van der Waals surface area (Å²) in [6.07, 6.45) is 7.65. The molecule has 12 heteroatoms. The SMILES string of the molecule is NN(CCCCl)C(=O)N1CCCC[C@H]1CNc1nc(-c2c[nH]c3ncc(Cl)cc23)ncc1F. The van der Waals surface area contributed by atoms with Crippen LogP contribution in [0.5, 0.6) is 0 Å². The highest BCUT2D eigenvalue weighted by molar-refractivity contribution is 6.31. The third-order valence-electron chi connectivity index (χ3n) is 5.64. The first-order valence-electron chi connectivity index (χ1n) is 10.8. The number of halogens is 3. The molecule has 2 amide bonds. The van der Waals surface area contributed by atoms with Crippen molar-refractivity contribution in [2.75, 3.05) is 30.8 Å². The van der Waals surface area contributed by atoms with Crippen LogP contribution in [-0.2, 0) is 0 Å². The molecule has 1 saturated heterocycles. The summed E-state index contributed by atoms with van der Waals surface area (Å²) in [6.45, 7) is 1.32. The molecule has 4 N–H and O–H groups in total. The number of H-pyrrole nitrogens is 1. The number of likely N-dealkylation sites (tertiary alicyclic amines) is 1. The number of rotatable bonds is 7. The van der Waals surface area contributed by atoms with E-state index < -0.39 is 5.82 Å². The number of hydrazine groups is 1. The maximum Gasteiger partial charge on any atom is 0.334 e. The number of anilines is 1. The summed E-state index contributed by atoms with van der Waals surface area (Å²) in [4.78, 5) is 30.3. The fourth-order valence-corrected chi connectivity index (χ4v) is 4.23. The summed E-state index contributed by atoms with van der Waals surface area (Å²) in [6, 6.07) is 1.37. The molecule has 1 aliphatic heterocycles. The molecule has 1 atom stereocenters. The van der Waals surface area contributed by atoms with E-state index in [1.165, 1.54) is 11.2 Å². The number of carbonyl (C=O) groups excluding carboxylic acids is 1. The summed E-state index contributed by atoms with van der Waals surface area (Å²) >= 11 is 11.8. The Kier molecular flexibility index (Phi) is 7.46. The number of nitrogens with two attached hydrogens (primary N) is 1. The molecule has 0 bridgehead atoms. The van der Waals surface area contributed by atoms with E-state index in [-0.39, 0.29) is 17.9 Å². The molecular weight excluding hydrogens is 470 g/mol. The van der Waals surface area contributed by atoms with Crippen molar-refractivity contribution in [2.24, 2.45) is 5.84 Å². The lowest BCUT2D eigenvalue weighted by Gasteiger charge is -2.38. The molecule has 0 radical (unpaired) electrons. The lowest BCUT2D eigenvalue weighted by Crippen LogP contribution is -2.54. The number of fused-ring (bicyclic) bond motifs is 1. The zero-order valence-corrected chi connectivity index (χ0v) is 19.4. The first-order chi connectivity index (χ1) is 16.0. The second-order valence-corrected chi connectivity index (χ2v) is 8.70. The molecule has 0 unspecified atom stereocenters. The van der Waals surface area contributed by atoms with Crippen LogP contribution in [0.25, 0.3) is 22.4 Å². The van der Waals surface area contributed by atoms with Crippen LogP contribution in [-0.4, -0.2) is 67.4 Å². The minimum absolute atomic E-state index is 0.0639. The second kappa shape index (κ2) is 10.5. The Morgan fingerprint density at radius 3 is 3.03 bits per heavy atom. The van der Waals surface area contributed by atoms with Crippen molar-refractivity contribution in [3.63, 3.8) is 0 Å². The van der Waals surface area contributed by atoms with Crippen molar-refractivity contribution >= 4 is 46.1 Å². The number of aromatic amines is 1. The fourth-order valence-electron chi connectivity index (χ4n) is 3.95. The topological polar surface area (TPSA) is 116 Å². The van der Waals surface area contributed by atoms with Crippen LogP contribution in [0, 0.1) is 5.82 Å². The zero-order chi connectivity index (χ0) is 23.4. The van der Waals surface area contributed by atoms with Gasteiger partial charge >= 0.3 is 6.03 Å². The molecule has 176 valence electrons. The number of alkyl halides is 1. The number of carbonyl (C=O) groups is 1. The molecular formula is C21H25Cl2FN8O. The Labute approximate surface area is 200 Å². The monoisotopic (exact) mass is 494 g/mol. The second-order valence-electron chi connectivity index (χ2n) is 7.88. The van der Waals surface area contributed by atoms with E-state index in [0.29, 0.717) is 54.0 Å². The van der Waals surface area contributed by atoms with E-state index >= 15 is 0 Å². The van der Waals surface area contributed by atoms with Gasteiger partial charge in [-0.3, -0.25) is 5.01 Å². The van der Waals surface area contributed by atoms with Crippen molar-refractivity contribution in [3.05, 3.63) is 35.5 Å². The number of pyridine rings is 1. The minimum Gasteiger partial charge on any atom is -0.365 e. The highest BCUT2D eigenvalue weighted by Crippen LogP contribution is 2.28. The highest BCUT2D eigenvalue weighted by atomic mass is 35.5. The molecule has 33 heavy (non-hydrogen) atoms. The van der Waals surface area contributed by atoms with Crippen molar-refractivity contribution in [2.45, 2.75) is 31.7 Å². The van der Waals surface area contributed by atoms with E-state index in [9.17, 15) is 9.18 Å². The van der Waals surface area contributed by atoms with Crippen molar-refractivity contribution in [1.29, 1.82) is 0 Å². The van der Waals surface area contributed by atoms with Gasteiger partial charge in [0.15, 0.2) is 17.5 Å². The summed E-state index contributed by atoms with van der Waals surface area (Å²) < 4.78 is 14.5. The maximum absolute atomic E-state index is 14.5. The van der Waals surface area contributed by atoms with Crippen LogP contribution < -0.4 is 11.2 Å². The molecule has 1 aliphatic rings. The normalized spacial score (nSPS) is 16.2. The van der Waals surface area contributed by atoms with E-state index in [0.717, 1.165) is 30.8 Å². The number of nitrogens with one attached hydrogen (secondary N) is 2. The summed E-state index contributed by atoms with van der Waals surface area (Å²) in [7, 11) is 0. The molecule has 0 spiro atoms. The van der Waals surface area contributed by atoms with Crippen LogP contribution in [0.15, 0.2) is 24.7 Å². The molecule has 3 aromatic heterocycles. The van der Waals surface area contributed by atoms with Gasteiger partial charge in [-0.15, -0.1) is 11.6 Å². The number of piperidine rings is 1. The highest BCUT2D eigenvalue weighted by Gasteiger charge is 2.29. The van der Waals surface area contributed by atoms with Crippen molar-refractivity contribution < 1.29 is 9.18 Å². The lowest BCUT2D eigenvalue weighted by atomic mass is 10.0. The van der Waals surface area contributed by atoms with Gasteiger partial charge in [-0.05, 0) is 31.7 Å². The Bertz CT molecular complexity index is 1130. The predicted molar refractivity (Wildman–Crippen MR) is 127 cm³/mol. The van der Waals surface area contributed by atoms with E-state index in [1.54, 1.807) is 17.2 Å². The van der Waals surface area contributed by atoms with Gasteiger partial charge in [-0.25, -0.2) is 30.0 Å². The molecule has 0 saturated carbocycles. The standard InChI is InChI=1S/C21H25Cl2FN8O/c22-5-3-7-32(25)21(33)31-6-2-1-4-14(31)10-27-20-17(24)12-29-19(30-20)16-11-28-18-15(16)8-13(23)9-26-18/h8-9,11-12,14H,1-7,10,25H2,(H,26,28)(H,27,29,30)/t14-/m0/s1. The van der Waals surface area contributed by atoms with Crippen LogP contribution in [0.2, 0.25) is 5.02 Å². The quantitative estimate of drug-likeness (QED) is 0.198. The van der Waals surface area contributed by atoms with Gasteiger partial charge in [0.2, 0.25) is 0 Å². The fraction of sp³-hybridized carbons (Fsp3) is 0.429. The molecule has 3 aromatic rings. The van der Waals surface area contributed by atoms with Gasteiger partial charge < -0.3 is 15.2 Å². The molecule has 9 nitrogen and oxygen atoms in total. The third-order valence-corrected chi connectivity index (χ3v) is 6.11. The summed E-state index contributed by atoms with van der Waals surface area (Å²) in [5, 5.41) is 5.47. The van der Waals surface area contributed by atoms with Crippen molar-refractivity contribution in [3.8, 4) is 11.4 Å². The van der Waals surface area contributed by atoms with Gasteiger partial charge in [0.1, 0.15) is 5.65 Å². The lowest BCUT2D eigenvalue weighted by molar-refractivity contribution is 0.119.